The van der Waals surface area contributed by atoms with Crippen LogP contribution in [0.3, 0.4) is 0 Å². The molecule has 0 bridgehead atoms. The molecule has 10 nitrogen and oxygen atoms in total. The molecule has 0 aliphatic heterocycles. The molecule has 0 atom stereocenters. The van der Waals surface area contributed by atoms with Crippen molar-refractivity contribution in [3.8, 4) is 0 Å². The summed E-state index contributed by atoms with van der Waals surface area (Å²) in [5, 5.41) is 39.5. The van der Waals surface area contributed by atoms with Gasteiger partial charge in [0, 0.05) is 27.9 Å². The minimum atomic E-state index is -0.967. The third-order valence-electron chi connectivity index (χ3n) is 7.62. The zero-order chi connectivity index (χ0) is 45.7. The molecule has 0 unspecified atom stereocenters. The molecule has 0 rings (SSSR count). The number of hydrogen-bond acceptors (Lipinski definition) is 5. The summed E-state index contributed by atoms with van der Waals surface area (Å²) in [6, 6.07) is 0. The number of aliphatic carboxylic acids is 5. The summed E-state index contributed by atoms with van der Waals surface area (Å²) in [4.78, 5) is 48.0. The van der Waals surface area contributed by atoms with Crippen LogP contribution in [0.1, 0.15) is 153 Å². The predicted molar refractivity (Wildman–Crippen MR) is 245 cm³/mol. The molecule has 0 aliphatic rings. The third kappa shape index (κ3) is 76.4. The molecule has 12 heteroatoms. The number of carboxylic acids is 5. The Morgan fingerprint density at radius 2 is 0.411 bits per heavy atom. The molecule has 330 valence electrons. The molecule has 5 N–H and O–H groups in total. The zero-order valence-corrected chi connectivity index (χ0v) is 44.3. The van der Waals surface area contributed by atoms with Gasteiger partial charge in [-0.25, -0.2) is 24.0 Å². The van der Waals surface area contributed by atoms with E-state index in [2.05, 4.69) is 74.4 Å². The van der Waals surface area contributed by atoms with Gasteiger partial charge in [0.2, 0.25) is 0 Å². The molecule has 0 aromatic heterocycles. The van der Waals surface area contributed by atoms with Crippen molar-refractivity contribution in [3.63, 3.8) is 0 Å². The quantitative estimate of drug-likeness (QED) is 0.0487. The molecule has 0 heterocycles. The van der Waals surface area contributed by atoms with Gasteiger partial charge in [0.05, 0.1) is 0 Å². The Hall–Kier alpha value is -2.35. The normalized spacial score (nSPS) is 9.16. The van der Waals surface area contributed by atoms with E-state index in [1.165, 1.54) is 112 Å². The van der Waals surface area contributed by atoms with E-state index in [0.717, 1.165) is 0 Å². The molecular weight excluding hydrogens is 926 g/mol. The fourth-order valence-electron chi connectivity index (χ4n) is 3.82. The Kier molecular flexibility index (Phi) is 64.2. The van der Waals surface area contributed by atoms with Gasteiger partial charge in [0.25, 0.3) is 0 Å². The number of carbonyl (C=O) groups is 5. The Morgan fingerprint density at radius 3 is 0.464 bits per heavy atom. The molecule has 56 heavy (non-hydrogen) atoms. The minimum absolute atomic E-state index is 0.176. The van der Waals surface area contributed by atoms with Crippen molar-refractivity contribution in [1.29, 1.82) is 0 Å². The summed E-state index contributed by atoms with van der Waals surface area (Å²) in [7, 11) is 0. The van der Waals surface area contributed by atoms with E-state index in [0.29, 0.717) is 0 Å². The molecule has 0 radical (unpaired) electrons. The van der Waals surface area contributed by atoms with Crippen molar-refractivity contribution in [2.45, 2.75) is 180 Å². The Balaban J connectivity index is -0.000000104. The van der Waals surface area contributed by atoms with Crippen LogP contribution in [0.4, 0.5) is 0 Å². The van der Waals surface area contributed by atoms with Crippen LogP contribution in [0.25, 0.3) is 0 Å². The van der Waals surface area contributed by atoms with Crippen LogP contribution < -0.4 is 0 Å². The van der Waals surface area contributed by atoms with Gasteiger partial charge in [-0.15, -0.1) is 0 Å². The predicted octanol–water partition coefficient (Wildman–Crippen LogP) is 12.5. The van der Waals surface area contributed by atoms with Gasteiger partial charge in [0.15, 0.2) is 0 Å². The van der Waals surface area contributed by atoms with Crippen molar-refractivity contribution >= 4 is 69.4 Å². The number of carboxylic acid groups (broad SMARTS) is 5. The van der Waals surface area contributed by atoms with Gasteiger partial charge in [-0.2, -0.15) is 0 Å². The van der Waals surface area contributed by atoms with Crippen LogP contribution in [0.5, 0.6) is 0 Å². The second-order valence-electron chi connectivity index (χ2n) is 14.0. The van der Waals surface area contributed by atoms with Crippen LogP contribution in [-0.2, 0) is 24.0 Å². The summed E-state index contributed by atoms with van der Waals surface area (Å²) >= 11 is -1.93. The number of hydrogen-bond donors (Lipinski definition) is 5. The van der Waals surface area contributed by atoms with E-state index < -0.39 is 69.4 Å². The van der Waals surface area contributed by atoms with E-state index in [9.17, 15) is 24.0 Å². The molecule has 0 aromatic rings. The summed E-state index contributed by atoms with van der Waals surface area (Å²) in [6.07, 6.45) is 17.7. The molecule has 0 saturated heterocycles. The molecule has 0 aromatic carbocycles. The summed E-state index contributed by atoms with van der Waals surface area (Å²) in [5.74, 6) is -4.68. The molecule has 0 saturated carbocycles. The average molecular weight is 1010 g/mol. The summed E-state index contributed by atoms with van der Waals surface area (Å²) in [5.41, 5.74) is 0.880. The van der Waals surface area contributed by atoms with E-state index in [-0.39, 0.29) is 27.9 Å². The first-order valence-corrected chi connectivity index (χ1v) is 34.3. The van der Waals surface area contributed by atoms with Gasteiger partial charge in [-0.1, -0.05) is 32.9 Å². The maximum atomic E-state index is 9.60. The molecule has 0 amide bonds. The Morgan fingerprint density at radius 1 is 0.321 bits per heavy atom. The van der Waals surface area contributed by atoms with Crippen LogP contribution in [0, 0.1) is 0 Å². The first-order chi connectivity index (χ1) is 25.9. The molecule has 0 aliphatic carbocycles. The average Bonchev–Trinajstić information content (AvgIpc) is 3.12. The van der Waals surface area contributed by atoms with Crippen molar-refractivity contribution in [3.05, 3.63) is 60.8 Å². The monoisotopic (exact) mass is 1010 g/mol. The fourth-order valence-corrected chi connectivity index (χ4v) is 25.6. The SMILES string of the molecule is C=C(C)C(=O)O.C=C(C)C(=O)O.C=C(C)C(=O)O.C=C(C)C(=O)O.C=C(C)C(=O)O.CCC[CH2][SnH]([CH2]CCC)[CH2]CCC.CCC[CH2][SnH]([CH2]CCC)[CH2]CCC. The fraction of sp³-hybridized carbons (Fsp3) is 0.659. The number of unbranched alkanes of at least 4 members (excludes halogenated alkanes) is 6. The van der Waals surface area contributed by atoms with Gasteiger partial charge in [-0.05, 0) is 34.6 Å². The first kappa shape index (κ1) is 68.3. The summed E-state index contributed by atoms with van der Waals surface area (Å²) < 4.78 is 10.2. The van der Waals surface area contributed by atoms with Gasteiger partial charge < -0.3 is 25.5 Å². The van der Waals surface area contributed by atoms with Crippen molar-refractivity contribution in [1.82, 2.24) is 0 Å². The third-order valence-corrected chi connectivity index (χ3v) is 28.6. The van der Waals surface area contributed by atoms with E-state index in [4.69, 9.17) is 25.5 Å². The van der Waals surface area contributed by atoms with Crippen LogP contribution in [0.15, 0.2) is 60.8 Å². The Labute approximate surface area is 357 Å². The van der Waals surface area contributed by atoms with Crippen LogP contribution in [-0.4, -0.2) is 94.9 Å². The van der Waals surface area contributed by atoms with E-state index >= 15 is 0 Å². The Bertz CT molecular complexity index is 822. The van der Waals surface area contributed by atoms with Gasteiger partial charge in [0.1, 0.15) is 0 Å². The first-order valence-electron chi connectivity index (χ1n) is 20.3. The van der Waals surface area contributed by atoms with Crippen LogP contribution in [0.2, 0.25) is 26.6 Å². The second kappa shape index (κ2) is 52.6. The maximum absolute atomic E-state index is 9.60. The second-order valence-corrected chi connectivity index (χ2v) is 33.8. The van der Waals surface area contributed by atoms with Gasteiger partial charge in [-0.3, -0.25) is 0 Å². The van der Waals surface area contributed by atoms with Gasteiger partial charge >= 0.3 is 215 Å². The standard InChI is InChI=1S/5C4H6O2.6C4H9.2Sn.2H/c5*1-3(2)4(5)6;6*1-3-4-2;;;;/h5*1H2,2H3,(H,5,6);6*1,3-4H2,2H3;;;;. The van der Waals surface area contributed by atoms with Crippen molar-refractivity contribution in [2.75, 3.05) is 0 Å². The summed E-state index contributed by atoms with van der Waals surface area (Å²) in [6.45, 7) is 37.0. The zero-order valence-electron chi connectivity index (χ0n) is 37.7. The van der Waals surface area contributed by atoms with E-state index in [1.807, 2.05) is 0 Å². The van der Waals surface area contributed by atoms with Crippen molar-refractivity contribution in [2.24, 2.45) is 0 Å². The van der Waals surface area contributed by atoms with Crippen molar-refractivity contribution < 1.29 is 49.5 Å². The van der Waals surface area contributed by atoms with Crippen LogP contribution >= 0.6 is 0 Å². The molecule has 0 fully saturated rings. The molecular formula is C44H86O10Sn2. The number of rotatable bonds is 23. The topological polar surface area (TPSA) is 186 Å². The molecule has 0 spiro atoms. The van der Waals surface area contributed by atoms with E-state index in [1.54, 1.807) is 26.6 Å².